The highest BCUT2D eigenvalue weighted by molar-refractivity contribution is 7.89. The minimum absolute atomic E-state index is 0. The van der Waals surface area contributed by atoms with Crippen LogP contribution < -0.4 is 10.5 Å². The molecule has 0 radical (unpaired) electrons. The topological polar surface area (TPSA) is 72.2 Å². The van der Waals surface area contributed by atoms with Gasteiger partial charge in [0.05, 0.1) is 10.5 Å². The van der Waals surface area contributed by atoms with Gasteiger partial charge >= 0.3 is 6.18 Å². The van der Waals surface area contributed by atoms with Crippen LogP contribution in [0.15, 0.2) is 29.2 Å². The quantitative estimate of drug-likeness (QED) is 0.819. The Labute approximate surface area is 134 Å². The van der Waals surface area contributed by atoms with Crippen molar-refractivity contribution in [2.24, 2.45) is 5.73 Å². The van der Waals surface area contributed by atoms with Crippen LogP contribution in [0.3, 0.4) is 0 Å². The Morgan fingerprint density at radius 3 is 2.18 bits per heavy atom. The lowest BCUT2D eigenvalue weighted by molar-refractivity contribution is -0.137. The van der Waals surface area contributed by atoms with Crippen molar-refractivity contribution in [2.45, 2.75) is 43.3 Å². The first-order valence-corrected chi connectivity index (χ1v) is 7.98. The first-order valence-electron chi connectivity index (χ1n) is 6.50. The molecule has 1 aromatic rings. The van der Waals surface area contributed by atoms with Crippen LogP contribution in [-0.2, 0) is 16.2 Å². The molecule has 0 unspecified atom stereocenters. The molecule has 4 nitrogen and oxygen atoms in total. The number of benzene rings is 1. The van der Waals surface area contributed by atoms with Crippen LogP contribution in [0.2, 0.25) is 0 Å². The summed E-state index contributed by atoms with van der Waals surface area (Å²) in [5.41, 5.74) is 4.26. The predicted octanol–water partition coefficient (Wildman–Crippen LogP) is 2.92. The number of halogens is 4. The van der Waals surface area contributed by atoms with Gasteiger partial charge < -0.3 is 5.73 Å². The van der Waals surface area contributed by atoms with Crippen LogP contribution in [0.25, 0.3) is 0 Å². The molecule has 1 rings (SSSR count). The predicted molar refractivity (Wildman–Crippen MR) is 81.4 cm³/mol. The van der Waals surface area contributed by atoms with Gasteiger partial charge in [0.2, 0.25) is 10.0 Å². The minimum atomic E-state index is -4.59. The summed E-state index contributed by atoms with van der Waals surface area (Å²) in [7, 11) is -4.03. The molecule has 0 saturated carbocycles. The first-order chi connectivity index (χ1) is 9.54. The van der Waals surface area contributed by atoms with Crippen molar-refractivity contribution in [2.75, 3.05) is 6.54 Å². The van der Waals surface area contributed by atoms with Gasteiger partial charge in [0.15, 0.2) is 0 Å². The molecule has 0 bridgehead atoms. The zero-order valence-electron chi connectivity index (χ0n) is 12.3. The molecule has 9 heteroatoms. The molecule has 0 aliphatic carbocycles. The number of sulfonamides is 1. The number of alkyl halides is 3. The lowest BCUT2D eigenvalue weighted by atomic mass is 9.95. The monoisotopic (exact) mass is 360 g/mol. The van der Waals surface area contributed by atoms with E-state index >= 15 is 0 Å². The number of nitrogens with one attached hydrogen (secondary N) is 1. The summed E-state index contributed by atoms with van der Waals surface area (Å²) < 4.78 is 64.2. The molecule has 0 heterocycles. The third-order valence-electron chi connectivity index (χ3n) is 3.49. The van der Waals surface area contributed by atoms with E-state index in [4.69, 9.17) is 5.73 Å². The zero-order chi connectivity index (χ0) is 16.3. The molecule has 0 aromatic heterocycles. The smallest absolute Gasteiger partial charge is 0.324 e. The fourth-order valence-electron chi connectivity index (χ4n) is 1.66. The Bertz CT molecular complexity index is 587. The van der Waals surface area contributed by atoms with Gasteiger partial charge in [-0.3, -0.25) is 0 Å². The number of hydrogen-bond donors (Lipinski definition) is 2. The van der Waals surface area contributed by atoms with Gasteiger partial charge in [0.1, 0.15) is 0 Å². The Balaban J connectivity index is 0.00000441. The van der Waals surface area contributed by atoms with E-state index in [9.17, 15) is 21.6 Å². The van der Waals surface area contributed by atoms with E-state index in [-0.39, 0.29) is 19.0 Å². The SMILES string of the molecule is CCC(N)(CC)CNS(=O)(=O)c1cccc(C(F)(F)F)c1.Cl. The van der Waals surface area contributed by atoms with Crippen molar-refractivity contribution in [3.8, 4) is 0 Å². The van der Waals surface area contributed by atoms with Crippen LogP contribution in [0.1, 0.15) is 32.3 Å². The summed E-state index contributed by atoms with van der Waals surface area (Å²) >= 11 is 0. The van der Waals surface area contributed by atoms with Crippen molar-refractivity contribution in [3.63, 3.8) is 0 Å². The van der Waals surface area contributed by atoms with Gasteiger partial charge in [0, 0.05) is 12.1 Å². The van der Waals surface area contributed by atoms with E-state index in [1.807, 2.05) is 13.8 Å². The van der Waals surface area contributed by atoms with Crippen LogP contribution in [-0.4, -0.2) is 20.5 Å². The van der Waals surface area contributed by atoms with E-state index in [0.29, 0.717) is 18.9 Å². The number of rotatable bonds is 6. The minimum Gasteiger partial charge on any atom is -0.324 e. The maximum atomic E-state index is 12.6. The van der Waals surface area contributed by atoms with Crippen molar-refractivity contribution in [3.05, 3.63) is 29.8 Å². The molecule has 0 atom stereocenters. The lowest BCUT2D eigenvalue weighted by Crippen LogP contribution is -2.49. The fourth-order valence-corrected chi connectivity index (χ4v) is 2.85. The molecular weight excluding hydrogens is 341 g/mol. The van der Waals surface area contributed by atoms with Crippen molar-refractivity contribution >= 4 is 22.4 Å². The maximum absolute atomic E-state index is 12.6. The van der Waals surface area contributed by atoms with Gasteiger partial charge in [-0.1, -0.05) is 19.9 Å². The zero-order valence-corrected chi connectivity index (χ0v) is 13.9. The molecule has 0 amide bonds. The Kier molecular flexibility index (Phi) is 7.34. The standard InChI is InChI=1S/C13H19F3N2O2S.ClH/c1-3-12(17,4-2)9-18-21(19,20)11-7-5-6-10(8-11)13(14,15)16;/h5-8,18H,3-4,9,17H2,1-2H3;1H. The number of hydrogen-bond acceptors (Lipinski definition) is 3. The molecule has 0 saturated heterocycles. The normalized spacial score (nSPS) is 12.8. The highest BCUT2D eigenvalue weighted by Crippen LogP contribution is 2.30. The largest absolute Gasteiger partial charge is 0.416 e. The maximum Gasteiger partial charge on any atom is 0.416 e. The highest BCUT2D eigenvalue weighted by Gasteiger charge is 2.32. The molecular formula is C13H20ClF3N2O2S. The molecule has 1 aromatic carbocycles. The van der Waals surface area contributed by atoms with Crippen LogP contribution in [0.5, 0.6) is 0 Å². The van der Waals surface area contributed by atoms with E-state index < -0.39 is 32.2 Å². The van der Waals surface area contributed by atoms with Crippen molar-refractivity contribution < 1.29 is 21.6 Å². The van der Waals surface area contributed by atoms with Gasteiger partial charge in [0.25, 0.3) is 0 Å². The van der Waals surface area contributed by atoms with Crippen LogP contribution >= 0.6 is 12.4 Å². The summed E-state index contributed by atoms with van der Waals surface area (Å²) in [6.45, 7) is 3.61. The average Bonchev–Trinajstić information content (AvgIpc) is 2.44. The number of nitrogens with two attached hydrogens (primary N) is 1. The van der Waals surface area contributed by atoms with E-state index in [1.165, 1.54) is 0 Å². The van der Waals surface area contributed by atoms with Gasteiger partial charge in [-0.05, 0) is 31.0 Å². The van der Waals surface area contributed by atoms with Crippen LogP contribution in [0.4, 0.5) is 13.2 Å². The average molecular weight is 361 g/mol. The third kappa shape index (κ3) is 5.42. The Morgan fingerprint density at radius 1 is 1.18 bits per heavy atom. The van der Waals surface area contributed by atoms with Gasteiger partial charge in [-0.15, -0.1) is 12.4 Å². The van der Waals surface area contributed by atoms with Gasteiger partial charge in [-0.2, -0.15) is 13.2 Å². The summed E-state index contributed by atoms with van der Waals surface area (Å²) in [4.78, 5) is -0.424. The van der Waals surface area contributed by atoms with Crippen molar-refractivity contribution in [1.29, 1.82) is 0 Å². The summed E-state index contributed by atoms with van der Waals surface area (Å²) in [5.74, 6) is 0. The van der Waals surface area contributed by atoms with Crippen LogP contribution in [0, 0.1) is 0 Å². The van der Waals surface area contributed by atoms with Gasteiger partial charge in [-0.25, -0.2) is 13.1 Å². The summed E-state index contributed by atoms with van der Waals surface area (Å²) in [6.07, 6.45) is -3.49. The third-order valence-corrected chi connectivity index (χ3v) is 4.89. The first kappa shape index (κ1) is 21.2. The second-order valence-electron chi connectivity index (χ2n) is 4.92. The molecule has 128 valence electrons. The molecule has 0 aliphatic heterocycles. The molecule has 0 aliphatic rings. The lowest BCUT2D eigenvalue weighted by Gasteiger charge is -2.26. The fraction of sp³-hybridized carbons (Fsp3) is 0.538. The van der Waals surface area contributed by atoms with Crippen molar-refractivity contribution in [1.82, 2.24) is 4.72 Å². The second-order valence-corrected chi connectivity index (χ2v) is 6.69. The second kappa shape index (κ2) is 7.63. The Hall–Kier alpha value is -0.830. The Morgan fingerprint density at radius 2 is 1.73 bits per heavy atom. The van der Waals surface area contributed by atoms with E-state index in [0.717, 1.165) is 18.2 Å². The summed E-state index contributed by atoms with van der Waals surface area (Å²) in [5, 5.41) is 0. The van der Waals surface area contributed by atoms with E-state index in [2.05, 4.69) is 4.72 Å². The summed E-state index contributed by atoms with van der Waals surface area (Å²) in [6, 6.07) is 3.61. The highest BCUT2D eigenvalue weighted by atomic mass is 35.5. The molecule has 0 spiro atoms. The molecule has 22 heavy (non-hydrogen) atoms. The molecule has 3 N–H and O–H groups in total. The molecule has 0 fully saturated rings. The van der Waals surface area contributed by atoms with E-state index in [1.54, 1.807) is 0 Å².